The maximum Gasteiger partial charge on any atom is 0.324 e. The van der Waals surface area contributed by atoms with Crippen LogP contribution in [0.25, 0.3) is 0 Å². The van der Waals surface area contributed by atoms with Gasteiger partial charge in [-0.25, -0.2) is 12.8 Å². The first-order valence-electron chi connectivity index (χ1n) is 7.72. The maximum absolute atomic E-state index is 13.0. The van der Waals surface area contributed by atoms with E-state index in [1.807, 2.05) is 18.7 Å². The largest absolute Gasteiger partial charge is 0.324 e. The minimum atomic E-state index is -3.62. The molecular weight excluding hydrogens is 335 g/mol. The summed E-state index contributed by atoms with van der Waals surface area (Å²) in [7, 11) is -3.62. The first kappa shape index (κ1) is 16.8. The van der Waals surface area contributed by atoms with E-state index >= 15 is 0 Å². The second-order valence-electron chi connectivity index (χ2n) is 5.93. The lowest BCUT2D eigenvalue weighted by atomic mass is 10.2. The number of nitrogens with zero attached hydrogens (tertiary/aromatic N) is 4. The van der Waals surface area contributed by atoms with Crippen LogP contribution in [0.4, 0.5) is 10.4 Å². The quantitative estimate of drug-likeness (QED) is 0.834. The van der Waals surface area contributed by atoms with E-state index in [1.165, 1.54) is 16.4 Å². The Morgan fingerprint density at radius 1 is 1.12 bits per heavy atom. The van der Waals surface area contributed by atoms with E-state index in [-0.39, 0.29) is 10.8 Å². The molecule has 2 aromatic rings. The van der Waals surface area contributed by atoms with E-state index in [1.54, 1.807) is 0 Å². The molecule has 7 nitrogen and oxygen atoms in total. The predicted octanol–water partition coefficient (Wildman–Crippen LogP) is 1.84. The summed E-state index contributed by atoms with van der Waals surface area (Å²) in [6.45, 7) is 5.47. The number of aromatic nitrogens is 2. The van der Waals surface area contributed by atoms with Gasteiger partial charge in [-0.2, -0.15) is 9.29 Å². The van der Waals surface area contributed by atoms with E-state index in [0.29, 0.717) is 38.0 Å². The van der Waals surface area contributed by atoms with Crippen molar-refractivity contribution in [1.82, 2.24) is 14.4 Å². The van der Waals surface area contributed by atoms with Gasteiger partial charge in [0.15, 0.2) is 5.82 Å². The molecule has 0 spiro atoms. The van der Waals surface area contributed by atoms with Crippen molar-refractivity contribution in [3.05, 3.63) is 35.9 Å². The van der Waals surface area contributed by atoms with Crippen molar-refractivity contribution in [2.45, 2.75) is 24.7 Å². The Hall–Kier alpha value is -2.00. The molecule has 1 aromatic heterocycles. The molecule has 130 valence electrons. The van der Waals surface area contributed by atoms with Gasteiger partial charge in [-0.1, -0.05) is 19.0 Å². The van der Waals surface area contributed by atoms with Crippen LogP contribution in [-0.2, 0) is 10.0 Å². The molecular formula is C15H19FN4O3S. The lowest BCUT2D eigenvalue weighted by molar-refractivity contribution is 0.353. The molecule has 3 rings (SSSR count). The molecule has 0 atom stereocenters. The molecule has 0 saturated carbocycles. The van der Waals surface area contributed by atoms with Crippen LogP contribution in [0.3, 0.4) is 0 Å². The summed E-state index contributed by atoms with van der Waals surface area (Å²) in [5.74, 6) is 0.338. The fourth-order valence-electron chi connectivity index (χ4n) is 2.46. The lowest BCUT2D eigenvalue weighted by Gasteiger charge is -2.32. The highest BCUT2D eigenvalue weighted by molar-refractivity contribution is 7.89. The Kier molecular flexibility index (Phi) is 4.55. The van der Waals surface area contributed by atoms with Gasteiger partial charge < -0.3 is 9.42 Å². The number of hydrogen-bond acceptors (Lipinski definition) is 6. The summed E-state index contributed by atoms with van der Waals surface area (Å²) in [5.41, 5.74) is 0. The minimum absolute atomic E-state index is 0.0947. The van der Waals surface area contributed by atoms with E-state index in [4.69, 9.17) is 4.52 Å². The lowest BCUT2D eigenvalue weighted by Crippen LogP contribution is -2.48. The number of piperazine rings is 1. The van der Waals surface area contributed by atoms with Crippen LogP contribution in [0.1, 0.15) is 25.6 Å². The zero-order valence-corrected chi connectivity index (χ0v) is 14.3. The number of sulfonamides is 1. The Morgan fingerprint density at radius 3 is 2.29 bits per heavy atom. The molecule has 24 heavy (non-hydrogen) atoms. The summed E-state index contributed by atoms with van der Waals surface area (Å²) in [6, 6.07) is 5.27. The molecule has 0 aliphatic carbocycles. The second-order valence-corrected chi connectivity index (χ2v) is 7.87. The number of anilines is 1. The highest BCUT2D eigenvalue weighted by Crippen LogP contribution is 2.21. The summed E-state index contributed by atoms with van der Waals surface area (Å²) >= 11 is 0. The standard InChI is InChI=1S/C15H19FN4O3S/c1-11(2)14-17-15(23-18-14)19-7-9-20(10-8-19)24(21,22)13-5-3-12(16)4-6-13/h3-6,11H,7-10H2,1-2H3. The molecule has 1 saturated heterocycles. The topological polar surface area (TPSA) is 79.5 Å². The predicted molar refractivity (Wildman–Crippen MR) is 85.8 cm³/mol. The van der Waals surface area contributed by atoms with Crippen molar-refractivity contribution < 1.29 is 17.3 Å². The van der Waals surface area contributed by atoms with Gasteiger partial charge >= 0.3 is 6.01 Å². The number of rotatable bonds is 4. The average molecular weight is 354 g/mol. The van der Waals surface area contributed by atoms with Gasteiger partial charge in [0.2, 0.25) is 10.0 Å². The van der Waals surface area contributed by atoms with Crippen molar-refractivity contribution in [3.63, 3.8) is 0 Å². The van der Waals surface area contributed by atoms with E-state index in [2.05, 4.69) is 10.1 Å². The molecule has 1 aliphatic rings. The van der Waals surface area contributed by atoms with Gasteiger partial charge in [0.25, 0.3) is 0 Å². The molecule has 1 fully saturated rings. The third-order valence-corrected chi connectivity index (χ3v) is 5.82. The molecule has 2 heterocycles. The zero-order chi connectivity index (χ0) is 17.3. The van der Waals surface area contributed by atoms with Crippen molar-refractivity contribution in [2.24, 2.45) is 0 Å². The van der Waals surface area contributed by atoms with E-state index in [0.717, 1.165) is 12.1 Å². The zero-order valence-electron chi connectivity index (χ0n) is 13.5. The fraction of sp³-hybridized carbons (Fsp3) is 0.467. The fourth-order valence-corrected chi connectivity index (χ4v) is 3.89. The Bertz CT molecular complexity index is 796. The second kappa shape index (κ2) is 6.48. The van der Waals surface area contributed by atoms with Crippen molar-refractivity contribution in [3.8, 4) is 0 Å². The number of hydrogen-bond donors (Lipinski definition) is 0. The van der Waals surface area contributed by atoms with E-state index in [9.17, 15) is 12.8 Å². The third kappa shape index (κ3) is 3.27. The summed E-state index contributed by atoms with van der Waals surface area (Å²) in [4.78, 5) is 6.29. The van der Waals surface area contributed by atoms with Crippen LogP contribution in [0.15, 0.2) is 33.7 Å². The van der Waals surface area contributed by atoms with Crippen molar-refractivity contribution >= 4 is 16.0 Å². The Labute approximate surface area is 140 Å². The Morgan fingerprint density at radius 2 is 1.75 bits per heavy atom. The van der Waals surface area contributed by atoms with E-state index < -0.39 is 15.8 Å². The normalized spacial score (nSPS) is 16.8. The molecule has 1 aromatic carbocycles. The third-order valence-electron chi connectivity index (χ3n) is 3.91. The van der Waals surface area contributed by atoms with Gasteiger partial charge in [-0.05, 0) is 24.3 Å². The first-order valence-corrected chi connectivity index (χ1v) is 9.16. The maximum atomic E-state index is 13.0. The first-order chi connectivity index (χ1) is 11.4. The number of benzene rings is 1. The van der Waals surface area contributed by atoms with Crippen LogP contribution in [0.2, 0.25) is 0 Å². The van der Waals surface area contributed by atoms with Gasteiger partial charge in [0.1, 0.15) is 5.82 Å². The van der Waals surface area contributed by atoms with Gasteiger partial charge in [0, 0.05) is 32.1 Å². The summed E-state index contributed by atoms with van der Waals surface area (Å²) in [6.07, 6.45) is 0. The molecule has 1 aliphatic heterocycles. The summed E-state index contributed by atoms with van der Waals surface area (Å²) in [5, 5.41) is 3.92. The minimum Gasteiger partial charge on any atom is -0.322 e. The smallest absolute Gasteiger partial charge is 0.322 e. The van der Waals surface area contributed by atoms with Crippen LogP contribution in [0, 0.1) is 5.82 Å². The average Bonchev–Trinajstić information content (AvgIpc) is 3.06. The van der Waals surface area contributed by atoms with Crippen LogP contribution in [0.5, 0.6) is 0 Å². The van der Waals surface area contributed by atoms with Gasteiger partial charge in [-0.15, -0.1) is 0 Å². The number of halogens is 1. The van der Waals surface area contributed by atoms with Gasteiger partial charge in [-0.3, -0.25) is 0 Å². The monoisotopic (exact) mass is 354 g/mol. The SMILES string of the molecule is CC(C)c1noc(N2CCN(S(=O)(=O)c3ccc(F)cc3)CC2)n1. The molecule has 9 heteroatoms. The van der Waals surface area contributed by atoms with Crippen LogP contribution < -0.4 is 4.90 Å². The van der Waals surface area contributed by atoms with Crippen LogP contribution >= 0.6 is 0 Å². The summed E-state index contributed by atoms with van der Waals surface area (Å²) < 4.78 is 44.7. The van der Waals surface area contributed by atoms with Crippen molar-refractivity contribution in [2.75, 3.05) is 31.1 Å². The molecule has 0 bridgehead atoms. The highest BCUT2D eigenvalue weighted by atomic mass is 32.2. The molecule has 0 amide bonds. The molecule has 0 unspecified atom stereocenters. The highest BCUT2D eigenvalue weighted by Gasteiger charge is 2.30. The Balaban J connectivity index is 1.68. The van der Waals surface area contributed by atoms with Crippen molar-refractivity contribution in [1.29, 1.82) is 0 Å². The van der Waals surface area contributed by atoms with Gasteiger partial charge in [0.05, 0.1) is 4.90 Å². The molecule has 0 N–H and O–H groups in total. The van der Waals surface area contributed by atoms with Crippen LogP contribution in [-0.4, -0.2) is 49.0 Å². The molecule has 0 radical (unpaired) electrons.